The van der Waals surface area contributed by atoms with Crippen LogP contribution in [-0.2, 0) is 17.6 Å². The molecule has 2 unspecified atom stereocenters. The van der Waals surface area contributed by atoms with E-state index in [1.54, 1.807) is 18.4 Å². The Kier molecular flexibility index (Phi) is 7.80. The maximum Gasteiger partial charge on any atom is 0.161 e. The Balaban J connectivity index is 1.35. The molecule has 0 bridgehead atoms. The van der Waals surface area contributed by atoms with Gasteiger partial charge in [-0.3, -0.25) is 4.79 Å². The molecule has 0 amide bonds. The highest BCUT2D eigenvalue weighted by Crippen LogP contribution is 2.29. The van der Waals surface area contributed by atoms with Crippen molar-refractivity contribution >= 4 is 22.8 Å². The van der Waals surface area contributed by atoms with Gasteiger partial charge in [-0.1, -0.05) is 36.4 Å². The molecule has 0 saturated carbocycles. The summed E-state index contributed by atoms with van der Waals surface area (Å²) in [6, 6.07) is 20.2. The van der Waals surface area contributed by atoms with E-state index < -0.39 is 0 Å². The van der Waals surface area contributed by atoms with Gasteiger partial charge in [-0.25, -0.2) is 0 Å². The molecular formula is C26H30N2O3S. The van der Waals surface area contributed by atoms with Crippen LogP contribution in [0.2, 0.25) is 0 Å². The second kappa shape index (κ2) is 11.2. The van der Waals surface area contributed by atoms with Crippen LogP contribution in [0, 0.1) is 5.92 Å². The van der Waals surface area contributed by atoms with Gasteiger partial charge >= 0.3 is 0 Å². The fraction of sp³-hybridized carbons (Fsp3) is 0.346. The summed E-state index contributed by atoms with van der Waals surface area (Å²) in [5.74, 6) is 1.63. The van der Waals surface area contributed by atoms with Crippen LogP contribution in [0.3, 0.4) is 0 Å². The summed E-state index contributed by atoms with van der Waals surface area (Å²) in [5, 5.41) is 9.11. The van der Waals surface area contributed by atoms with E-state index in [-0.39, 0.29) is 17.7 Å². The Morgan fingerprint density at radius 2 is 1.94 bits per heavy atom. The van der Waals surface area contributed by atoms with Gasteiger partial charge in [-0.15, -0.1) is 11.3 Å². The third-order valence-electron chi connectivity index (χ3n) is 5.88. The first-order valence-electron chi connectivity index (χ1n) is 11.1. The van der Waals surface area contributed by atoms with Gasteiger partial charge in [0.25, 0.3) is 0 Å². The standard InChI is InChI=1S/C26H30N2O3S/c1-30-25-10-4-5-11-26(25)31-15-14-27-18-21(24(29)17-20-8-6-16-32-20)23-13-12-19-7-2-3-9-22(19)28-23/h2-11,16,21,23,27-28H,12-15,17-18H2,1H3. The van der Waals surface area contributed by atoms with Crippen molar-refractivity contribution in [3.63, 3.8) is 0 Å². The van der Waals surface area contributed by atoms with Crippen molar-refractivity contribution in [2.45, 2.75) is 25.3 Å². The van der Waals surface area contributed by atoms with Crippen molar-refractivity contribution in [2.24, 2.45) is 5.92 Å². The number of hydrogen-bond donors (Lipinski definition) is 2. The summed E-state index contributed by atoms with van der Waals surface area (Å²) in [6.45, 7) is 1.79. The molecule has 0 saturated heterocycles. The zero-order chi connectivity index (χ0) is 22.2. The minimum atomic E-state index is -0.100. The van der Waals surface area contributed by atoms with Crippen LogP contribution >= 0.6 is 11.3 Å². The predicted molar refractivity (Wildman–Crippen MR) is 130 cm³/mol. The fourth-order valence-electron chi connectivity index (χ4n) is 4.19. The first kappa shape index (κ1) is 22.4. The lowest BCUT2D eigenvalue weighted by atomic mass is 9.85. The first-order valence-corrected chi connectivity index (χ1v) is 12.0. The number of ketones is 1. The Bertz CT molecular complexity index is 1010. The van der Waals surface area contributed by atoms with Crippen LogP contribution < -0.4 is 20.1 Å². The molecule has 4 rings (SSSR count). The zero-order valence-electron chi connectivity index (χ0n) is 18.4. The zero-order valence-corrected chi connectivity index (χ0v) is 19.2. The second-order valence-electron chi connectivity index (χ2n) is 7.98. The van der Waals surface area contributed by atoms with Crippen LogP contribution in [-0.4, -0.2) is 38.6 Å². The molecule has 0 fully saturated rings. The molecule has 0 aliphatic carbocycles. The van der Waals surface area contributed by atoms with E-state index in [9.17, 15) is 4.79 Å². The van der Waals surface area contributed by atoms with Gasteiger partial charge in [0.2, 0.25) is 0 Å². The van der Waals surface area contributed by atoms with Crippen LogP contribution in [0.5, 0.6) is 11.5 Å². The molecule has 1 aromatic heterocycles. The molecule has 0 radical (unpaired) electrons. The number of aryl methyl sites for hydroxylation is 1. The summed E-state index contributed by atoms with van der Waals surface area (Å²) >= 11 is 1.64. The van der Waals surface area contributed by atoms with E-state index in [4.69, 9.17) is 9.47 Å². The van der Waals surface area contributed by atoms with E-state index in [0.717, 1.165) is 34.9 Å². The van der Waals surface area contributed by atoms with E-state index >= 15 is 0 Å². The molecule has 1 aliphatic heterocycles. The number of Topliss-reactive ketones (excluding diaryl/α,β-unsaturated/α-hetero) is 1. The average Bonchev–Trinajstić information content (AvgIpc) is 3.34. The lowest BCUT2D eigenvalue weighted by Crippen LogP contribution is -2.44. The molecule has 3 aromatic rings. The topological polar surface area (TPSA) is 59.6 Å². The summed E-state index contributed by atoms with van der Waals surface area (Å²) in [6.07, 6.45) is 2.44. The number of carbonyl (C=O) groups excluding carboxylic acids is 1. The highest BCUT2D eigenvalue weighted by Gasteiger charge is 2.30. The number of hydrogen-bond acceptors (Lipinski definition) is 6. The van der Waals surface area contributed by atoms with Gasteiger partial charge in [0, 0.05) is 36.1 Å². The highest BCUT2D eigenvalue weighted by molar-refractivity contribution is 7.10. The molecule has 2 heterocycles. The van der Waals surface area contributed by atoms with Crippen molar-refractivity contribution in [3.8, 4) is 11.5 Å². The number of rotatable bonds is 11. The van der Waals surface area contributed by atoms with Crippen LogP contribution in [0.1, 0.15) is 16.9 Å². The van der Waals surface area contributed by atoms with Crippen LogP contribution in [0.15, 0.2) is 66.0 Å². The maximum absolute atomic E-state index is 13.3. The lowest BCUT2D eigenvalue weighted by Gasteiger charge is -2.33. The van der Waals surface area contributed by atoms with E-state index in [1.165, 1.54) is 5.56 Å². The molecule has 168 valence electrons. The van der Waals surface area contributed by atoms with Crippen molar-refractivity contribution in [2.75, 3.05) is 32.1 Å². The first-order chi connectivity index (χ1) is 15.7. The van der Waals surface area contributed by atoms with Crippen molar-refractivity contribution in [1.29, 1.82) is 0 Å². The minimum Gasteiger partial charge on any atom is -0.493 e. The van der Waals surface area contributed by atoms with E-state index in [1.807, 2.05) is 47.8 Å². The summed E-state index contributed by atoms with van der Waals surface area (Å²) < 4.78 is 11.2. The van der Waals surface area contributed by atoms with Crippen molar-refractivity contribution in [1.82, 2.24) is 5.32 Å². The van der Waals surface area contributed by atoms with Gasteiger partial charge in [0.05, 0.1) is 13.0 Å². The molecular weight excluding hydrogens is 420 g/mol. The predicted octanol–water partition coefficient (Wildman–Crippen LogP) is 4.58. The minimum absolute atomic E-state index is 0.100. The third kappa shape index (κ3) is 5.69. The lowest BCUT2D eigenvalue weighted by molar-refractivity contribution is -0.122. The quantitative estimate of drug-likeness (QED) is 0.419. The van der Waals surface area contributed by atoms with Gasteiger partial charge in [0.1, 0.15) is 12.4 Å². The van der Waals surface area contributed by atoms with Gasteiger partial charge in [-0.2, -0.15) is 0 Å². The summed E-state index contributed by atoms with van der Waals surface area (Å²) in [5.41, 5.74) is 2.48. The number of benzene rings is 2. The molecule has 0 spiro atoms. The molecule has 6 heteroatoms. The second-order valence-corrected chi connectivity index (χ2v) is 9.01. The summed E-state index contributed by atoms with van der Waals surface area (Å²) in [4.78, 5) is 14.4. The van der Waals surface area contributed by atoms with Crippen LogP contribution in [0.25, 0.3) is 0 Å². The van der Waals surface area contributed by atoms with Gasteiger partial charge < -0.3 is 20.1 Å². The number of nitrogens with one attached hydrogen (secondary N) is 2. The van der Waals surface area contributed by atoms with Crippen molar-refractivity contribution in [3.05, 3.63) is 76.5 Å². The molecule has 5 nitrogen and oxygen atoms in total. The largest absolute Gasteiger partial charge is 0.493 e. The number of fused-ring (bicyclic) bond motifs is 1. The van der Waals surface area contributed by atoms with E-state index in [0.29, 0.717) is 26.1 Å². The SMILES string of the molecule is COc1ccccc1OCCNCC(C(=O)Cc1cccs1)C1CCc2ccccc2N1. The number of carbonyl (C=O) groups is 1. The Labute approximate surface area is 193 Å². The Morgan fingerprint density at radius 1 is 1.12 bits per heavy atom. The number of ether oxygens (including phenoxy) is 2. The number of anilines is 1. The number of methoxy groups -OCH3 is 1. The van der Waals surface area contributed by atoms with E-state index in [2.05, 4.69) is 28.8 Å². The molecule has 1 aliphatic rings. The number of thiophene rings is 1. The smallest absolute Gasteiger partial charge is 0.161 e. The Morgan fingerprint density at radius 3 is 2.75 bits per heavy atom. The highest BCUT2D eigenvalue weighted by atomic mass is 32.1. The summed E-state index contributed by atoms with van der Waals surface area (Å²) in [7, 11) is 1.64. The normalized spacial score (nSPS) is 16.0. The monoisotopic (exact) mass is 450 g/mol. The van der Waals surface area contributed by atoms with Gasteiger partial charge in [0.15, 0.2) is 11.5 Å². The molecule has 32 heavy (non-hydrogen) atoms. The molecule has 2 N–H and O–H groups in total. The fourth-order valence-corrected chi connectivity index (χ4v) is 4.90. The molecule has 2 aromatic carbocycles. The van der Waals surface area contributed by atoms with Gasteiger partial charge in [-0.05, 0) is 48.1 Å². The molecule has 2 atom stereocenters. The maximum atomic E-state index is 13.3. The average molecular weight is 451 g/mol. The van der Waals surface area contributed by atoms with Crippen LogP contribution in [0.4, 0.5) is 5.69 Å². The number of para-hydroxylation sites is 3. The third-order valence-corrected chi connectivity index (χ3v) is 6.76. The van der Waals surface area contributed by atoms with Crippen molar-refractivity contribution < 1.29 is 14.3 Å². The Hall–Kier alpha value is -2.83.